The van der Waals surface area contributed by atoms with Gasteiger partial charge in [0.2, 0.25) is 5.78 Å². The van der Waals surface area contributed by atoms with Crippen LogP contribution < -0.4 is 5.73 Å². The summed E-state index contributed by atoms with van der Waals surface area (Å²) in [5.41, 5.74) is 5.80. The van der Waals surface area contributed by atoms with E-state index >= 15 is 0 Å². The molecule has 0 aliphatic heterocycles. The zero-order chi connectivity index (χ0) is 14.2. The van der Waals surface area contributed by atoms with E-state index < -0.39 is 5.54 Å². The van der Waals surface area contributed by atoms with Gasteiger partial charge in [0.25, 0.3) is 0 Å². The Morgan fingerprint density at radius 2 is 2.26 bits per heavy atom. The molecule has 0 aromatic carbocycles. The Labute approximate surface area is 118 Å². The number of hydrogen-bond donors (Lipinski definition) is 1. The van der Waals surface area contributed by atoms with Crippen molar-refractivity contribution in [3.8, 4) is 0 Å². The molecule has 2 N–H and O–H groups in total. The van der Waals surface area contributed by atoms with Crippen molar-refractivity contribution in [2.24, 2.45) is 11.7 Å². The van der Waals surface area contributed by atoms with E-state index in [0.717, 1.165) is 19.4 Å². The van der Waals surface area contributed by atoms with E-state index in [9.17, 15) is 4.79 Å². The van der Waals surface area contributed by atoms with Gasteiger partial charge in [-0.1, -0.05) is 11.6 Å². The zero-order valence-electron chi connectivity index (χ0n) is 11.7. The van der Waals surface area contributed by atoms with Gasteiger partial charge in [0.05, 0.1) is 23.3 Å². The number of carbonyl (C=O) groups is 1. The Morgan fingerprint density at radius 1 is 1.63 bits per heavy atom. The third kappa shape index (κ3) is 2.99. The molecule has 1 unspecified atom stereocenters. The van der Waals surface area contributed by atoms with Crippen LogP contribution in [0.2, 0.25) is 5.02 Å². The third-order valence-corrected chi connectivity index (χ3v) is 3.96. The summed E-state index contributed by atoms with van der Waals surface area (Å²) in [5.74, 6) is 0.171. The lowest BCUT2D eigenvalue weighted by Crippen LogP contribution is -2.48. The maximum atomic E-state index is 12.6. The molecular weight excluding hydrogens is 264 g/mol. The summed E-state index contributed by atoms with van der Waals surface area (Å²) in [4.78, 5) is 14.6. The third-order valence-electron chi connectivity index (χ3n) is 3.68. The van der Waals surface area contributed by atoms with E-state index in [1.54, 1.807) is 11.6 Å². The Hall–Kier alpha value is -0.910. The smallest absolute Gasteiger partial charge is 0.202 e. The van der Waals surface area contributed by atoms with Crippen molar-refractivity contribution in [1.29, 1.82) is 0 Å². The molecule has 19 heavy (non-hydrogen) atoms. The van der Waals surface area contributed by atoms with E-state index in [1.807, 2.05) is 19.0 Å². The number of nitrogens with zero attached hydrogens (tertiary/aromatic N) is 3. The summed E-state index contributed by atoms with van der Waals surface area (Å²) >= 11 is 6.11. The van der Waals surface area contributed by atoms with Gasteiger partial charge in [0.15, 0.2) is 0 Å². The summed E-state index contributed by atoms with van der Waals surface area (Å²) < 4.78 is 1.66. The molecular formula is C13H21ClN4O. The molecule has 0 spiro atoms. The summed E-state index contributed by atoms with van der Waals surface area (Å²) in [6, 6.07) is 0. The predicted octanol–water partition coefficient (Wildman–Crippen LogP) is 1.41. The molecule has 1 heterocycles. The van der Waals surface area contributed by atoms with Crippen LogP contribution in [-0.4, -0.2) is 46.6 Å². The molecule has 1 aromatic rings. The highest BCUT2D eigenvalue weighted by Gasteiger charge is 2.45. The highest BCUT2D eigenvalue weighted by Crippen LogP contribution is 2.40. The van der Waals surface area contributed by atoms with E-state index in [0.29, 0.717) is 17.3 Å². The number of rotatable bonds is 6. The van der Waals surface area contributed by atoms with Gasteiger partial charge >= 0.3 is 0 Å². The van der Waals surface area contributed by atoms with Crippen molar-refractivity contribution >= 4 is 17.4 Å². The van der Waals surface area contributed by atoms with Crippen molar-refractivity contribution in [1.82, 2.24) is 14.7 Å². The minimum atomic E-state index is -0.834. The average Bonchev–Trinajstić information content (AvgIpc) is 3.11. The van der Waals surface area contributed by atoms with Gasteiger partial charge in [0.1, 0.15) is 5.69 Å². The van der Waals surface area contributed by atoms with Gasteiger partial charge in [-0.25, -0.2) is 0 Å². The largest absolute Gasteiger partial charge is 0.319 e. The molecule has 0 amide bonds. The minimum Gasteiger partial charge on any atom is -0.319 e. The second-order valence-corrected chi connectivity index (χ2v) is 6.16. The monoisotopic (exact) mass is 284 g/mol. The zero-order valence-corrected chi connectivity index (χ0v) is 12.4. The lowest BCUT2D eigenvalue weighted by Gasteiger charge is -2.23. The van der Waals surface area contributed by atoms with Crippen LogP contribution >= 0.6 is 11.6 Å². The van der Waals surface area contributed by atoms with E-state index in [1.165, 1.54) is 6.20 Å². The lowest BCUT2D eigenvalue weighted by atomic mass is 9.90. The number of likely N-dealkylation sites (N-methyl/N-ethyl adjacent to an activating group) is 1. The Morgan fingerprint density at radius 3 is 2.79 bits per heavy atom. The molecule has 106 valence electrons. The van der Waals surface area contributed by atoms with Crippen LogP contribution in [0.25, 0.3) is 0 Å². The molecule has 1 aliphatic rings. The molecule has 0 radical (unpaired) electrons. The highest BCUT2D eigenvalue weighted by atomic mass is 35.5. The first-order valence-corrected chi connectivity index (χ1v) is 6.91. The summed E-state index contributed by atoms with van der Waals surface area (Å²) in [6.07, 6.45) is 3.55. The quantitative estimate of drug-likeness (QED) is 0.802. The van der Waals surface area contributed by atoms with Gasteiger partial charge < -0.3 is 10.6 Å². The van der Waals surface area contributed by atoms with Crippen LogP contribution in [0.3, 0.4) is 0 Å². The number of halogens is 1. The second kappa shape index (κ2) is 5.23. The van der Waals surface area contributed by atoms with Gasteiger partial charge in [0, 0.05) is 6.54 Å². The first-order chi connectivity index (χ1) is 8.84. The fourth-order valence-electron chi connectivity index (χ4n) is 2.18. The summed E-state index contributed by atoms with van der Waals surface area (Å²) in [6.45, 7) is 3.22. The van der Waals surface area contributed by atoms with Crippen LogP contribution in [-0.2, 0) is 6.54 Å². The fourth-order valence-corrected chi connectivity index (χ4v) is 2.40. The Bertz CT molecular complexity index is 477. The maximum absolute atomic E-state index is 12.6. The fraction of sp³-hybridized carbons (Fsp3) is 0.692. The summed E-state index contributed by atoms with van der Waals surface area (Å²) in [5, 5.41) is 4.57. The highest BCUT2D eigenvalue weighted by molar-refractivity contribution is 6.34. The Kier molecular flexibility index (Phi) is 3.99. The standard InChI is InChI=1S/C13H21ClN4O/c1-13(15,9-4-5-9)12(19)11-10(14)8-16-18(11)7-6-17(2)3/h8-9H,4-7,15H2,1-3H3. The van der Waals surface area contributed by atoms with Crippen LogP contribution in [0, 0.1) is 5.92 Å². The van der Waals surface area contributed by atoms with Crippen molar-refractivity contribution in [2.75, 3.05) is 20.6 Å². The second-order valence-electron chi connectivity index (χ2n) is 5.75. The molecule has 0 saturated heterocycles. The van der Waals surface area contributed by atoms with Crippen molar-refractivity contribution in [2.45, 2.75) is 31.8 Å². The summed E-state index contributed by atoms with van der Waals surface area (Å²) in [7, 11) is 3.95. The van der Waals surface area contributed by atoms with Gasteiger partial charge in [-0.05, 0) is 39.8 Å². The molecule has 1 aromatic heterocycles. The van der Waals surface area contributed by atoms with E-state index in [2.05, 4.69) is 5.10 Å². The number of ketones is 1. The number of nitrogens with two attached hydrogens (primary N) is 1. The minimum absolute atomic E-state index is 0.101. The van der Waals surface area contributed by atoms with E-state index in [-0.39, 0.29) is 11.7 Å². The van der Waals surface area contributed by atoms with Crippen LogP contribution in [0.4, 0.5) is 0 Å². The van der Waals surface area contributed by atoms with Gasteiger partial charge in [-0.3, -0.25) is 9.48 Å². The molecule has 1 fully saturated rings. The van der Waals surface area contributed by atoms with Gasteiger partial charge in [-0.15, -0.1) is 0 Å². The molecule has 6 heteroatoms. The van der Waals surface area contributed by atoms with E-state index in [4.69, 9.17) is 17.3 Å². The molecule has 1 aliphatic carbocycles. The van der Waals surface area contributed by atoms with Gasteiger partial charge in [-0.2, -0.15) is 5.10 Å². The maximum Gasteiger partial charge on any atom is 0.202 e. The predicted molar refractivity (Wildman–Crippen MR) is 75.4 cm³/mol. The van der Waals surface area contributed by atoms with Crippen LogP contribution in [0.5, 0.6) is 0 Å². The first kappa shape index (κ1) is 14.5. The number of Topliss-reactive ketones (excluding diaryl/α,β-unsaturated/α-hetero) is 1. The molecule has 1 saturated carbocycles. The topological polar surface area (TPSA) is 64.2 Å². The lowest BCUT2D eigenvalue weighted by molar-refractivity contribution is 0.0871. The normalized spacial score (nSPS) is 18.6. The molecule has 5 nitrogen and oxygen atoms in total. The van der Waals surface area contributed by atoms with Crippen LogP contribution in [0.15, 0.2) is 6.20 Å². The average molecular weight is 285 g/mol. The molecule has 0 bridgehead atoms. The molecule has 2 rings (SSSR count). The Balaban J connectivity index is 2.23. The molecule has 1 atom stereocenters. The van der Waals surface area contributed by atoms with Crippen LogP contribution in [0.1, 0.15) is 30.3 Å². The van der Waals surface area contributed by atoms with Crippen molar-refractivity contribution < 1.29 is 4.79 Å². The van der Waals surface area contributed by atoms with Crippen molar-refractivity contribution in [3.05, 3.63) is 16.9 Å². The SMILES string of the molecule is CN(C)CCn1ncc(Cl)c1C(=O)C(C)(N)C1CC1. The number of hydrogen-bond acceptors (Lipinski definition) is 4. The number of carbonyl (C=O) groups excluding carboxylic acids is 1. The number of aromatic nitrogens is 2. The van der Waals surface area contributed by atoms with Crippen molar-refractivity contribution in [3.63, 3.8) is 0 Å². The first-order valence-electron chi connectivity index (χ1n) is 6.53.